The number of hydrogen-bond acceptors (Lipinski definition) is 2. The highest BCUT2D eigenvalue weighted by atomic mass is 19.1. The van der Waals surface area contributed by atoms with Crippen molar-refractivity contribution in [3.63, 3.8) is 0 Å². The molecule has 0 radical (unpaired) electrons. The van der Waals surface area contributed by atoms with Crippen LogP contribution in [0.2, 0.25) is 0 Å². The van der Waals surface area contributed by atoms with Gasteiger partial charge in [-0.25, -0.2) is 9.37 Å². The number of aromatic nitrogens is 2. The first-order valence-electron chi connectivity index (χ1n) is 7.12. The van der Waals surface area contributed by atoms with Crippen molar-refractivity contribution in [1.82, 2.24) is 14.9 Å². The molecule has 1 unspecified atom stereocenters. The molecular formula is C15H20FN3. The lowest BCUT2D eigenvalue weighted by Gasteiger charge is -2.15. The van der Waals surface area contributed by atoms with Crippen LogP contribution in [0.4, 0.5) is 4.39 Å². The van der Waals surface area contributed by atoms with Gasteiger partial charge in [-0.05, 0) is 44.9 Å². The van der Waals surface area contributed by atoms with Gasteiger partial charge in [-0.2, -0.15) is 0 Å². The fraction of sp³-hybridized carbons (Fsp3) is 0.533. The maximum Gasteiger partial charge on any atom is 0.151 e. The van der Waals surface area contributed by atoms with Gasteiger partial charge >= 0.3 is 0 Å². The van der Waals surface area contributed by atoms with Crippen LogP contribution in [0, 0.1) is 5.82 Å². The Bertz CT molecular complexity index is 586. The van der Waals surface area contributed by atoms with E-state index in [9.17, 15) is 4.39 Å². The summed E-state index contributed by atoms with van der Waals surface area (Å²) in [6.45, 7) is 5.20. The second-order valence-electron chi connectivity index (χ2n) is 5.35. The van der Waals surface area contributed by atoms with Crippen molar-refractivity contribution in [2.45, 2.75) is 45.2 Å². The van der Waals surface area contributed by atoms with E-state index in [1.807, 2.05) is 6.07 Å². The normalized spacial score (nSPS) is 17.0. The molecule has 0 spiro atoms. The molecule has 0 amide bonds. The molecule has 2 aromatic rings. The zero-order chi connectivity index (χ0) is 13.4. The summed E-state index contributed by atoms with van der Waals surface area (Å²) >= 11 is 0. The number of hydrogen-bond donors (Lipinski definition) is 1. The summed E-state index contributed by atoms with van der Waals surface area (Å²) in [7, 11) is 0. The quantitative estimate of drug-likeness (QED) is 0.891. The van der Waals surface area contributed by atoms with Gasteiger partial charge in [0, 0.05) is 6.04 Å². The van der Waals surface area contributed by atoms with Crippen molar-refractivity contribution < 1.29 is 4.39 Å². The van der Waals surface area contributed by atoms with Gasteiger partial charge < -0.3 is 9.88 Å². The first kappa shape index (κ1) is 12.6. The van der Waals surface area contributed by atoms with Gasteiger partial charge in [0.1, 0.15) is 11.3 Å². The van der Waals surface area contributed by atoms with E-state index in [1.165, 1.54) is 18.9 Å². The Labute approximate surface area is 112 Å². The molecule has 3 rings (SSSR count). The summed E-state index contributed by atoms with van der Waals surface area (Å²) in [6, 6.07) is 5.90. The van der Waals surface area contributed by atoms with Crippen LogP contribution in [0.5, 0.6) is 0 Å². The van der Waals surface area contributed by atoms with Crippen LogP contribution >= 0.6 is 0 Å². The average molecular weight is 261 g/mol. The standard InChI is InChI=1S/C15H20FN3/c1-3-9-17-10(2)15-18-14-12(16)5-4-6-13(14)19(15)11-7-8-11/h4-6,10-11,17H,3,7-9H2,1-2H3. The highest BCUT2D eigenvalue weighted by molar-refractivity contribution is 5.77. The van der Waals surface area contributed by atoms with E-state index in [4.69, 9.17) is 0 Å². The third-order valence-electron chi connectivity index (χ3n) is 3.70. The van der Waals surface area contributed by atoms with Crippen LogP contribution in [-0.2, 0) is 0 Å². The molecule has 1 aromatic heterocycles. The average Bonchev–Trinajstić information content (AvgIpc) is 3.16. The number of imidazole rings is 1. The van der Waals surface area contributed by atoms with E-state index in [-0.39, 0.29) is 11.9 Å². The summed E-state index contributed by atoms with van der Waals surface area (Å²) in [6.07, 6.45) is 3.44. The second-order valence-corrected chi connectivity index (χ2v) is 5.35. The summed E-state index contributed by atoms with van der Waals surface area (Å²) in [5.74, 6) is 0.747. The Kier molecular flexibility index (Phi) is 3.27. The second kappa shape index (κ2) is 4.93. The zero-order valence-electron chi connectivity index (χ0n) is 11.5. The Balaban J connectivity index is 2.07. The third-order valence-corrected chi connectivity index (χ3v) is 3.70. The third kappa shape index (κ3) is 2.25. The molecule has 0 aliphatic heterocycles. The molecule has 1 N–H and O–H groups in total. The van der Waals surface area contributed by atoms with Crippen LogP contribution in [0.1, 0.15) is 51.0 Å². The molecule has 1 atom stereocenters. The maximum atomic E-state index is 13.9. The van der Waals surface area contributed by atoms with Crippen LogP contribution in [0.25, 0.3) is 11.0 Å². The molecule has 19 heavy (non-hydrogen) atoms. The van der Waals surface area contributed by atoms with E-state index < -0.39 is 0 Å². The first-order valence-corrected chi connectivity index (χ1v) is 7.12. The molecule has 0 bridgehead atoms. The minimum absolute atomic E-state index is 0.160. The molecule has 102 valence electrons. The van der Waals surface area contributed by atoms with E-state index in [1.54, 1.807) is 6.07 Å². The number of nitrogens with zero attached hydrogens (tertiary/aromatic N) is 2. The number of nitrogens with one attached hydrogen (secondary N) is 1. The Morgan fingerprint density at radius 2 is 2.26 bits per heavy atom. The molecule has 4 heteroatoms. The monoisotopic (exact) mass is 261 g/mol. The predicted octanol–water partition coefficient (Wildman–Crippen LogP) is 3.57. The molecule has 1 heterocycles. The summed E-state index contributed by atoms with van der Waals surface area (Å²) in [5.41, 5.74) is 1.44. The fourth-order valence-electron chi connectivity index (χ4n) is 2.57. The fourth-order valence-corrected chi connectivity index (χ4v) is 2.57. The van der Waals surface area contributed by atoms with Crippen molar-refractivity contribution in [2.24, 2.45) is 0 Å². The van der Waals surface area contributed by atoms with E-state index >= 15 is 0 Å². The van der Waals surface area contributed by atoms with Crippen molar-refractivity contribution in [1.29, 1.82) is 0 Å². The van der Waals surface area contributed by atoms with E-state index in [2.05, 4.69) is 28.7 Å². The highest BCUT2D eigenvalue weighted by Gasteiger charge is 2.30. The Morgan fingerprint density at radius 3 is 2.95 bits per heavy atom. The summed E-state index contributed by atoms with van der Waals surface area (Å²) < 4.78 is 16.1. The Hall–Kier alpha value is -1.42. The maximum absolute atomic E-state index is 13.9. The smallest absolute Gasteiger partial charge is 0.151 e. The molecule has 1 fully saturated rings. The predicted molar refractivity (Wildman–Crippen MR) is 74.7 cm³/mol. The van der Waals surface area contributed by atoms with Gasteiger partial charge in [-0.15, -0.1) is 0 Å². The van der Waals surface area contributed by atoms with Crippen LogP contribution in [0.15, 0.2) is 18.2 Å². The minimum Gasteiger partial charge on any atom is -0.323 e. The topological polar surface area (TPSA) is 29.9 Å². The van der Waals surface area contributed by atoms with Crippen LogP contribution < -0.4 is 5.32 Å². The lowest BCUT2D eigenvalue weighted by atomic mass is 10.3. The first-order chi connectivity index (χ1) is 9.22. The van der Waals surface area contributed by atoms with Crippen LogP contribution in [-0.4, -0.2) is 16.1 Å². The number of benzene rings is 1. The van der Waals surface area contributed by atoms with Gasteiger partial charge in [-0.1, -0.05) is 13.0 Å². The number of para-hydroxylation sites is 1. The highest BCUT2D eigenvalue weighted by Crippen LogP contribution is 2.40. The number of halogens is 1. The number of fused-ring (bicyclic) bond motifs is 1. The molecule has 1 aromatic carbocycles. The van der Waals surface area contributed by atoms with E-state index in [0.29, 0.717) is 11.6 Å². The van der Waals surface area contributed by atoms with Crippen LogP contribution in [0.3, 0.4) is 0 Å². The lowest BCUT2D eigenvalue weighted by Crippen LogP contribution is -2.22. The van der Waals surface area contributed by atoms with Gasteiger partial charge in [0.25, 0.3) is 0 Å². The van der Waals surface area contributed by atoms with Crippen molar-refractivity contribution in [3.8, 4) is 0 Å². The molecule has 1 aliphatic carbocycles. The SMILES string of the molecule is CCCNC(C)c1nc2c(F)cccc2n1C1CC1. The zero-order valence-corrected chi connectivity index (χ0v) is 11.5. The molecule has 1 saturated carbocycles. The van der Waals surface area contributed by atoms with Crippen molar-refractivity contribution >= 4 is 11.0 Å². The van der Waals surface area contributed by atoms with Gasteiger partial charge in [0.05, 0.1) is 11.6 Å². The largest absolute Gasteiger partial charge is 0.323 e. The lowest BCUT2D eigenvalue weighted by molar-refractivity contribution is 0.518. The van der Waals surface area contributed by atoms with Crippen molar-refractivity contribution in [2.75, 3.05) is 6.54 Å². The molecule has 1 aliphatic rings. The molecular weight excluding hydrogens is 241 g/mol. The van der Waals surface area contributed by atoms with Gasteiger partial charge in [0.2, 0.25) is 0 Å². The van der Waals surface area contributed by atoms with Gasteiger partial charge in [-0.3, -0.25) is 0 Å². The van der Waals surface area contributed by atoms with Crippen molar-refractivity contribution in [3.05, 3.63) is 29.8 Å². The minimum atomic E-state index is -0.221. The molecule has 3 nitrogen and oxygen atoms in total. The Morgan fingerprint density at radius 1 is 1.47 bits per heavy atom. The summed E-state index contributed by atoms with van der Waals surface area (Å²) in [5, 5.41) is 3.45. The molecule has 0 saturated heterocycles. The van der Waals surface area contributed by atoms with E-state index in [0.717, 1.165) is 24.3 Å². The number of rotatable bonds is 5. The summed E-state index contributed by atoms with van der Waals surface area (Å²) in [4.78, 5) is 4.55. The van der Waals surface area contributed by atoms with Gasteiger partial charge in [0.15, 0.2) is 5.82 Å².